The van der Waals surface area contributed by atoms with Crippen LogP contribution in [0, 0.1) is 5.41 Å². The van der Waals surface area contributed by atoms with Gasteiger partial charge in [-0.3, -0.25) is 4.79 Å². The van der Waals surface area contributed by atoms with Crippen molar-refractivity contribution in [2.24, 2.45) is 5.41 Å². The summed E-state index contributed by atoms with van der Waals surface area (Å²) in [5.41, 5.74) is 0.644. The number of ether oxygens (including phenoxy) is 2. The summed E-state index contributed by atoms with van der Waals surface area (Å²) in [7, 11) is 0. The van der Waals surface area contributed by atoms with E-state index in [1.807, 2.05) is 13.8 Å². The Hall–Kier alpha value is -1.71. The van der Waals surface area contributed by atoms with Crippen molar-refractivity contribution in [3.63, 3.8) is 0 Å². The zero-order valence-corrected chi connectivity index (χ0v) is 13.1. The Kier molecular flexibility index (Phi) is 5.86. The first-order valence-electron chi connectivity index (χ1n) is 7.05. The van der Waals surface area contributed by atoms with Gasteiger partial charge in [-0.05, 0) is 37.5 Å². The van der Waals surface area contributed by atoms with Gasteiger partial charge < -0.3 is 14.8 Å². The van der Waals surface area contributed by atoms with Crippen LogP contribution in [0.4, 0.5) is 0 Å². The molecule has 1 amide bonds. The van der Waals surface area contributed by atoms with Gasteiger partial charge >= 0.3 is 0 Å². The third kappa shape index (κ3) is 5.11. The van der Waals surface area contributed by atoms with Crippen LogP contribution in [0.25, 0.3) is 0 Å². The van der Waals surface area contributed by atoms with Crippen LogP contribution in [0.3, 0.4) is 0 Å². The van der Waals surface area contributed by atoms with E-state index in [0.29, 0.717) is 36.8 Å². The molecule has 20 heavy (non-hydrogen) atoms. The Balaban J connectivity index is 2.85. The molecule has 0 aliphatic heterocycles. The van der Waals surface area contributed by atoms with Crippen molar-refractivity contribution in [1.29, 1.82) is 0 Å². The molecule has 0 spiro atoms. The molecule has 0 saturated carbocycles. The fourth-order valence-electron chi connectivity index (χ4n) is 1.64. The van der Waals surface area contributed by atoms with Gasteiger partial charge in [-0.25, -0.2) is 0 Å². The van der Waals surface area contributed by atoms with Crippen molar-refractivity contribution in [2.45, 2.75) is 34.6 Å². The molecule has 0 fully saturated rings. The van der Waals surface area contributed by atoms with Crippen molar-refractivity contribution in [1.82, 2.24) is 5.32 Å². The molecule has 0 aliphatic carbocycles. The molecule has 1 rings (SSSR count). The Morgan fingerprint density at radius 3 is 2.25 bits per heavy atom. The smallest absolute Gasteiger partial charge is 0.251 e. The summed E-state index contributed by atoms with van der Waals surface area (Å²) in [6.07, 6.45) is 0. The maximum absolute atomic E-state index is 12.1. The molecule has 0 aliphatic rings. The minimum atomic E-state index is -0.0936. The third-order valence-electron chi connectivity index (χ3n) is 2.58. The highest BCUT2D eigenvalue weighted by Crippen LogP contribution is 2.28. The van der Waals surface area contributed by atoms with Gasteiger partial charge in [0.25, 0.3) is 5.91 Å². The number of carbonyl (C=O) groups is 1. The highest BCUT2D eigenvalue weighted by Gasteiger charge is 2.15. The Labute approximate surface area is 121 Å². The van der Waals surface area contributed by atoms with E-state index < -0.39 is 0 Å². The van der Waals surface area contributed by atoms with Crippen molar-refractivity contribution in [2.75, 3.05) is 19.8 Å². The largest absolute Gasteiger partial charge is 0.490 e. The summed E-state index contributed by atoms with van der Waals surface area (Å²) in [6, 6.07) is 5.26. The topological polar surface area (TPSA) is 47.6 Å². The highest BCUT2D eigenvalue weighted by atomic mass is 16.5. The third-order valence-corrected chi connectivity index (χ3v) is 2.58. The zero-order valence-electron chi connectivity index (χ0n) is 13.1. The van der Waals surface area contributed by atoms with Crippen molar-refractivity contribution in [3.8, 4) is 11.5 Å². The molecule has 1 aromatic rings. The average molecular weight is 279 g/mol. The van der Waals surface area contributed by atoms with Gasteiger partial charge in [0.2, 0.25) is 0 Å². The van der Waals surface area contributed by atoms with Crippen LogP contribution in [-0.2, 0) is 0 Å². The molecule has 0 heterocycles. The molecule has 4 nitrogen and oxygen atoms in total. The van der Waals surface area contributed by atoms with Crippen LogP contribution in [0.15, 0.2) is 18.2 Å². The number of hydrogen-bond donors (Lipinski definition) is 1. The van der Waals surface area contributed by atoms with E-state index in [-0.39, 0.29) is 11.3 Å². The van der Waals surface area contributed by atoms with Gasteiger partial charge in [-0.1, -0.05) is 20.8 Å². The van der Waals surface area contributed by atoms with Gasteiger partial charge in [0.05, 0.1) is 13.2 Å². The van der Waals surface area contributed by atoms with E-state index in [4.69, 9.17) is 9.47 Å². The maximum atomic E-state index is 12.1. The lowest BCUT2D eigenvalue weighted by Crippen LogP contribution is -2.32. The molecule has 0 radical (unpaired) electrons. The molecular weight excluding hydrogens is 254 g/mol. The number of rotatable bonds is 6. The van der Waals surface area contributed by atoms with Crippen molar-refractivity contribution >= 4 is 5.91 Å². The van der Waals surface area contributed by atoms with E-state index in [9.17, 15) is 4.79 Å². The standard InChI is InChI=1S/C16H25NO3/c1-6-19-13-9-8-12(10-14(13)20-7-2)15(18)17-11-16(3,4)5/h8-10H,6-7,11H2,1-5H3,(H,17,18). The van der Waals surface area contributed by atoms with Crippen LogP contribution in [0.2, 0.25) is 0 Å². The molecule has 1 N–H and O–H groups in total. The first kappa shape index (κ1) is 16.3. The summed E-state index contributed by atoms with van der Waals surface area (Å²) in [4.78, 5) is 12.1. The van der Waals surface area contributed by atoms with Crippen LogP contribution in [0.5, 0.6) is 11.5 Å². The number of carbonyl (C=O) groups excluding carboxylic acids is 1. The molecule has 0 atom stereocenters. The minimum absolute atomic E-state index is 0.0592. The van der Waals surface area contributed by atoms with Gasteiger partial charge in [-0.2, -0.15) is 0 Å². The predicted octanol–water partition coefficient (Wildman–Crippen LogP) is 3.26. The van der Waals surface area contributed by atoms with E-state index >= 15 is 0 Å². The van der Waals surface area contributed by atoms with Crippen LogP contribution in [0.1, 0.15) is 45.0 Å². The van der Waals surface area contributed by atoms with Gasteiger partial charge in [0, 0.05) is 12.1 Å². The molecule has 112 valence electrons. The van der Waals surface area contributed by atoms with E-state index in [2.05, 4.69) is 26.1 Å². The van der Waals surface area contributed by atoms with E-state index in [0.717, 1.165) is 0 Å². The molecule has 0 bridgehead atoms. The average Bonchev–Trinajstić information content (AvgIpc) is 2.37. The molecule has 1 aromatic carbocycles. The summed E-state index contributed by atoms with van der Waals surface area (Å²) in [6.45, 7) is 11.8. The second-order valence-electron chi connectivity index (χ2n) is 5.77. The predicted molar refractivity (Wildman–Crippen MR) is 80.6 cm³/mol. The molecule has 0 saturated heterocycles. The summed E-state index contributed by atoms with van der Waals surface area (Å²) < 4.78 is 11.0. The van der Waals surface area contributed by atoms with Crippen molar-refractivity contribution < 1.29 is 14.3 Å². The SMILES string of the molecule is CCOc1ccc(C(=O)NCC(C)(C)C)cc1OCC. The zero-order chi connectivity index (χ0) is 15.2. The lowest BCUT2D eigenvalue weighted by molar-refractivity contribution is 0.0939. The number of benzene rings is 1. The Morgan fingerprint density at radius 2 is 1.70 bits per heavy atom. The lowest BCUT2D eigenvalue weighted by Gasteiger charge is -2.19. The van der Waals surface area contributed by atoms with Gasteiger partial charge in [0.15, 0.2) is 11.5 Å². The number of amides is 1. The Morgan fingerprint density at radius 1 is 1.10 bits per heavy atom. The summed E-state index contributed by atoms with van der Waals surface area (Å²) in [5, 5.41) is 2.92. The molecule has 0 unspecified atom stereocenters. The maximum Gasteiger partial charge on any atom is 0.251 e. The van der Waals surface area contributed by atoms with E-state index in [1.54, 1.807) is 18.2 Å². The quantitative estimate of drug-likeness (QED) is 0.869. The monoisotopic (exact) mass is 279 g/mol. The molecule has 4 heteroatoms. The summed E-state index contributed by atoms with van der Waals surface area (Å²) in [5.74, 6) is 1.18. The Bertz CT molecular complexity index is 450. The first-order valence-corrected chi connectivity index (χ1v) is 7.05. The second-order valence-corrected chi connectivity index (χ2v) is 5.77. The van der Waals surface area contributed by atoms with Gasteiger partial charge in [0.1, 0.15) is 0 Å². The summed E-state index contributed by atoms with van der Waals surface area (Å²) >= 11 is 0. The fourth-order valence-corrected chi connectivity index (χ4v) is 1.64. The van der Waals surface area contributed by atoms with Gasteiger partial charge in [-0.15, -0.1) is 0 Å². The molecular formula is C16H25NO3. The van der Waals surface area contributed by atoms with Crippen LogP contribution < -0.4 is 14.8 Å². The van der Waals surface area contributed by atoms with E-state index in [1.165, 1.54) is 0 Å². The van der Waals surface area contributed by atoms with Crippen LogP contribution in [-0.4, -0.2) is 25.7 Å². The normalized spacial score (nSPS) is 11.1. The highest BCUT2D eigenvalue weighted by molar-refractivity contribution is 5.94. The number of nitrogens with one attached hydrogen (secondary N) is 1. The molecule has 0 aromatic heterocycles. The second kappa shape index (κ2) is 7.17. The lowest BCUT2D eigenvalue weighted by atomic mass is 9.97. The van der Waals surface area contributed by atoms with Crippen molar-refractivity contribution in [3.05, 3.63) is 23.8 Å². The first-order chi connectivity index (χ1) is 9.37. The number of hydrogen-bond acceptors (Lipinski definition) is 3. The van der Waals surface area contributed by atoms with Crippen LogP contribution >= 0.6 is 0 Å². The minimum Gasteiger partial charge on any atom is -0.490 e. The fraction of sp³-hybridized carbons (Fsp3) is 0.562.